The third-order valence-corrected chi connectivity index (χ3v) is 3.16. The molecular formula is C11H9NO2S. The molecule has 3 nitrogen and oxygen atoms in total. The second-order valence-electron chi connectivity index (χ2n) is 2.92. The molecule has 2 rings (SSSR count). The number of allylic oxidation sites excluding steroid dienone is 2. The van der Waals surface area contributed by atoms with E-state index < -0.39 is 5.97 Å². The standard InChI is InChI=1S/C11H9NO2S/c13-11(14)9-5-1-2-6-10(9)12-15-7-3-4-8-15/h1-8H,(H,13,14). The maximum atomic E-state index is 10.9. The first-order valence-corrected chi connectivity index (χ1v) is 5.69. The predicted molar refractivity (Wildman–Crippen MR) is 61.1 cm³/mol. The number of hydrogen-bond acceptors (Lipinski definition) is 2. The minimum absolute atomic E-state index is 0.249. The van der Waals surface area contributed by atoms with Crippen molar-refractivity contribution in [2.75, 3.05) is 0 Å². The van der Waals surface area contributed by atoms with Crippen LogP contribution >= 0.6 is 0 Å². The molecule has 0 unspecified atom stereocenters. The normalized spacial score (nSPS) is 14.4. The van der Waals surface area contributed by atoms with Crippen molar-refractivity contribution in [1.82, 2.24) is 0 Å². The molecule has 0 aromatic heterocycles. The van der Waals surface area contributed by atoms with Gasteiger partial charge in [-0.05, 0) is 33.6 Å². The van der Waals surface area contributed by atoms with Gasteiger partial charge in [-0.2, -0.15) is 0 Å². The van der Waals surface area contributed by atoms with Gasteiger partial charge in [0.25, 0.3) is 0 Å². The van der Waals surface area contributed by atoms with Crippen molar-refractivity contribution in [2.45, 2.75) is 0 Å². The molecule has 0 amide bonds. The topological polar surface area (TPSA) is 49.7 Å². The fourth-order valence-electron chi connectivity index (χ4n) is 1.21. The van der Waals surface area contributed by atoms with Gasteiger partial charge in [0.1, 0.15) is 0 Å². The molecule has 0 atom stereocenters. The summed E-state index contributed by atoms with van der Waals surface area (Å²) in [7, 11) is -0.305. The summed E-state index contributed by atoms with van der Waals surface area (Å²) in [5.74, 6) is -0.940. The van der Waals surface area contributed by atoms with Crippen molar-refractivity contribution in [3.63, 3.8) is 0 Å². The Morgan fingerprint density at radius 1 is 1.20 bits per heavy atom. The maximum absolute atomic E-state index is 10.9. The Kier molecular flexibility index (Phi) is 2.78. The molecule has 0 saturated carbocycles. The van der Waals surface area contributed by atoms with Gasteiger partial charge in [-0.15, -0.1) is 0 Å². The summed E-state index contributed by atoms with van der Waals surface area (Å²) in [4.78, 5) is 10.9. The van der Waals surface area contributed by atoms with Crippen molar-refractivity contribution in [2.24, 2.45) is 4.36 Å². The van der Waals surface area contributed by atoms with E-state index in [1.807, 2.05) is 23.0 Å². The van der Waals surface area contributed by atoms with Gasteiger partial charge in [-0.1, -0.05) is 24.3 Å². The van der Waals surface area contributed by atoms with E-state index in [2.05, 4.69) is 4.36 Å². The highest BCUT2D eigenvalue weighted by atomic mass is 32.2. The van der Waals surface area contributed by atoms with E-state index in [0.717, 1.165) is 0 Å². The van der Waals surface area contributed by atoms with Gasteiger partial charge in [0.05, 0.1) is 11.3 Å². The number of carboxylic acid groups (broad SMARTS) is 1. The number of aromatic carboxylic acids is 1. The minimum Gasteiger partial charge on any atom is -0.478 e. The first kappa shape index (κ1) is 9.86. The molecule has 1 aromatic rings. The Morgan fingerprint density at radius 2 is 1.87 bits per heavy atom. The van der Waals surface area contributed by atoms with E-state index in [0.29, 0.717) is 5.69 Å². The van der Waals surface area contributed by atoms with E-state index in [1.54, 1.807) is 24.3 Å². The Labute approximate surface area is 89.9 Å². The smallest absolute Gasteiger partial charge is 0.337 e. The van der Waals surface area contributed by atoms with Crippen molar-refractivity contribution in [3.8, 4) is 0 Å². The van der Waals surface area contributed by atoms with Crippen LogP contribution in [0.1, 0.15) is 10.4 Å². The van der Waals surface area contributed by atoms with Gasteiger partial charge in [0.15, 0.2) is 0 Å². The summed E-state index contributed by atoms with van der Waals surface area (Å²) >= 11 is 0. The van der Waals surface area contributed by atoms with Crippen LogP contribution in [0.5, 0.6) is 0 Å². The van der Waals surface area contributed by atoms with Crippen molar-refractivity contribution >= 4 is 22.3 Å². The van der Waals surface area contributed by atoms with Crippen LogP contribution in [0.2, 0.25) is 0 Å². The second-order valence-corrected chi connectivity index (χ2v) is 4.34. The van der Waals surface area contributed by atoms with Gasteiger partial charge in [0, 0.05) is 0 Å². The zero-order valence-electron chi connectivity index (χ0n) is 7.83. The third kappa shape index (κ3) is 2.22. The fourth-order valence-corrected chi connectivity index (χ4v) is 2.31. The quantitative estimate of drug-likeness (QED) is 0.831. The lowest BCUT2D eigenvalue weighted by molar-refractivity contribution is 0.0698. The van der Waals surface area contributed by atoms with E-state index in [9.17, 15) is 4.79 Å². The molecule has 0 fully saturated rings. The van der Waals surface area contributed by atoms with Crippen molar-refractivity contribution < 1.29 is 9.90 Å². The van der Waals surface area contributed by atoms with Gasteiger partial charge < -0.3 is 5.11 Å². The van der Waals surface area contributed by atoms with E-state index >= 15 is 0 Å². The number of rotatable bonds is 2. The van der Waals surface area contributed by atoms with Crippen LogP contribution in [0, 0.1) is 0 Å². The average molecular weight is 219 g/mol. The van der Waals surface area contributed by atoms with Crippen LogP contribution in [0.15, 0.2) is 51.6 Å². The number of carboxylic acids is 1. The SMILES string of the molecule is O=C(O)c1ccccc1N=S1C=CC=C1. The van der Waals surface area contributed by atoms with E-state index in [-0.39, 0.29) is 16.3 Å². The summed E-state index contributed by atoms with van der Waals surface area (Å²) in [5.41, 5.74) is 0.781. The summed E-state index contributed by atoms with van der Waals surface area (Å²) in [6.45, 7) is 0. The van der Waals surface area contributed by atoms with Crippen LogP contribution in [-0.2, 0) is 10.7 Å². The Bertz CT molecular complexity index is 475. The average Bonchev–Trinajstić information content (AvgIpc) is 2.71. The van der Waals surface area contributed by atoms with Crippen molar-refractivity contribution in [1.29, 1.82) is 0 Å². The molecule has 1 heterocycles. The highest BCUT2D eigenvalue weighted by Crippen LogP contribution is 2.21. The summed E-state index contributed by atoms with van der Waals surface area (Å²) in [6, 6.07) is 6.77. The molecule has 1 N–H and O–H groups in total. The predicted octanol–water partition coefficient (Wildman–Crippen LogP) is 2.86. The van der Waals surface area contributed by atoms with Gasteiger partial charge in [-0.3, -0.25) is 0 Å². The highest BCUT2D eigenvalue weighted by molar-refractivity contribution is 7.93. The molecule has 0 spiro atoms. The van der Waals surface area contributed by atoms with Gasteiger partial charge in [0.2, 0.25) is 0 Å². The van der Waals surface area contributed by atoms with Crippen molar-refractivity contribution in [3.05, 3.63) is 52.8 Å². The summed E-state index contributed by atoms with van der Waals surface area (Å²) in [6.07, 6.45) is 3.83. The van der Waals surface area contributed by atoms with Crippen LogP contribution < -0.4 is 0 Å². The summed E-state index contributed by atoms with van der Waals surface area (Å²) in [5, 5.41) is 12.8. The minimum atomic E-state index is -0.940. The molecule has 0 bridgehead atoms. The van der Waals surface area contributed by atoms with Crippen LogP contribution in [-0.4, -0.2) is 11.1 Å². The first-order chi connectivity index (χ1) is 7.27. The molecule has 0 aliphatic carbocycles. The number of nitrogens with zero attached hydrogens (tertiary/aromatic N) is 1. The first-order valence-electron chi connectivity index (χ1n) is 4.38. The lowest BCUT2D eigenvalue weighted by atomic mass is 10.2. The lowest BCUT2D eigenvalue weighted by Crippen LogP contribution is -1.95. The van der Waals surface area contributed by atoms with Crippen LogP contribution in [0.25, 0.3) is 0 Å². The molecule has 4 heteroatoms. The maximum Gasteiger partial charge on any atom is 0.337 e. The molecule has 1 aromatic carbocycles. The largest absolute Gasteiger partial charge is 0.478 e. The van der Waals surface area contributed by atoms with Gasteiger partial charge in [-0.25, -0.2) is 9.16 Å². The number of carbonyl (C=O) groups is 1. The van der Waals surface area contributed by atoms with Gasteiger partial charge >= 0.3 is 5.97 Å². The van der Waals surface area contributed by atoms with Crippen LogP contribution in [0.4, 0.5) is 5.69 Å². The monoisotopic (exact) mass is 219 g/mol. The molecule has 1 aliphatic rings. The van der Waals surface area contributed by atoms with Crippen LogP contribution in [0.3, 0.4) is 0 Å². The molecule has 15 heavy (non-hydrogen) atoms. The zero-order chi connectivity index (χ0) is 10.7. The molecule has 76 valence electrons. The Morgan fingerprint density at radius 3 is 2.53 bits per heavy atom. The molecule has 1 aliphatic heterocycles. The van der Waals surface area contributed by atoms with E-state index in [1.165, 1.54) is 0 Å². The molecule has 0 saturated heterocycles. The Balaban J connectivity index is 2.44. The third-order valence-electron chi connectivity index (χ3n) is 1.89. The van der Waals surface area contributed by atoms with E-state index in [4.69, 9.17) is 5.11 Å². The highest BCUT2D eigenvalue weighted by Gasteiger charge is 2.08. The molecular weight excluding hydrogens is 210 g/mol. The number of hydrogen-bond donors (Lipinski definition) is 1. The lowest BCUT2D eigenvalue weighted by Gasteiger charge is -2.00. The second kappa shape index (κ2) is 4.23. The summed E-state index contributed by atoms with van der Waals surface area (Å²) < 4.78 is 4.35. The number of benzene rings is 1. The molecule has 0 radical (unpaired) electrons. The Hall–Kier alpha value is -1.68. The zero-order valence-corrected chi connectivity index (χ0v) is 8.65. The fraction of sp³-hybridized carbons (Fsp3) is 0.